The fourth-order valence-corrected chi connectivity index (χ4v) is 3.74. The van der Waals surface area contributed by atoms with Gasteiger partial charge in [-0.05, 0) is 76.5 Å². The number of carboxylic acids is 1. The van der Waals surface area contributed by atoms with Crippen LogP contribution in [0.5, 0.6) is 0 Å². The molecule has 0 aromatic heterocycles. The number of nitrogens with two attached hydrogens (primary N) is 4. The van der Waals surface area contributed by atoms with Crippen LogP contribution < -0.4 is 38.9 Å². The lowest BCUT2D eigenvalue weighted by atomic mass is 10.1. The van der Waals surface area contributed by atoms with E-state index < -0.39 is 53.8 Å². The van der Waals surface area contributed by atoms with Gasteiger partial charge < -0.3 is 44.0 Å². The third kappa shape index (κ3) is 14.9. The van der Waals surface area contributed by atoms with Crippen LogP contribution in [0.15, 0.2) is 0 Å². The Morgan fingerprint density at radius 3 is 1.69 bits per heavy atom. The molecule has 4 unspecified atom stereocenters. The monoisotopic (exact) mass is 533 g/mol. The van der Waals surface area contributed by atoms with Crippen molar-refractivity contribution in [3.05, 3.63) is 0 Å². The topological polar surface area (TPSA) is 246 Å². The molecule has 4 atom stereocenters. The predicted molar refractivity (Wildman–Crippen MR) is 139 cm³/mol. The minimum Gasteiger partial charge on any atom is -0.480 e. The predicted octanol–water partition coefficient (Wildman–Crippen LogP) is -1.87. The van der Waals surface area contributed by atoms with Crippen molar-refractivity contribution in [3.8, 4) is 0 Å². The average molecular weight is 534 g/mol. The van der Waals surface area contributed by atoms with Crippen molar-refractivity contribution in [2.24, 2.45) is 22.9 Å². The highest BCUT2D eigenvalue weighted by atomic mass is 32.2. The van der Waals surface area contributed by atoms with E-state index in [1.807, 2.05) is 6.26 Å². The van der Waals surface area contributed by atoms with Gasteiger partial charge in [0.1, 0.15) is 18.1 Å². The molecule has 13 nitrogen and oxygen atoms in total. The number of primary amides is 1. The summed E-state index contributed by atoms with van der Waals surface area (Å²) in [7, 11) is 0. The van der Waals surface area contributed by atoms with Gasteiger partial charge in [0.05, 0.1) is 6.04 Å². The van der Waals surface area contributed by atoms with Crippen molar-refractivity contribution < 1.29 is 29.1 Å². The molecular weight excluding hydrogens is 490 g/mol. The second-order valence-electron chi connectivity index (χ2n) is 8.48. The van der Waals surface area contributed by atoms with Crippen molar-refractivity contribution in [3.63, 3.8) is 0 Å². The minimum absolute atomic E-state index is 0.0256. The molecule has 0 rings (SSSR count). The maximum atomic E-state index is 13.1. The van der Waals surface area contributed by atoms with E-state index in [2.05, 4.69) is 16.0 Å². The maximum Gasteiger partial charge on any atom is 0.326 e. The van der Waals surface area contributed by atoms with E-state index in [0.29, 0.717) is 44.5 Å². The highest BCUT2D eigenvalue weighted by molar-refractivity contribution is 7.98. The fourth-order valence-electron chi connectivity index (χ4n) is 3.27. The van der Waals surface area contributed by atoms with Crippen molar-refractivity contribution in [2.45, 2.75) is 82.0 Å². The summed E-state index contributed by atoms with van der Waals surface area (Å²) < 4.78 is 0. The Hall–Kier alpha value is -2.42. The third-order valence-corrected chi connectivity index (χ3v) is 6.07. The third-order valence-electron chi connectivity index (χ3n) is 5.42. The molecule has 0 heterocycles. The van der Waals surface area contributed by atoms with Crippen LogP contribution in [0.2, 0.25) is 0 Å². The number of nitrogens with one attached hydrogen (secondary N) is 3. The van der Waals surface area contributed by atoms with E-state index in [9.17, 15) is 29.1 Å². The number of thioether (sulfide) groups is 1. The second-order valence-corrected chi connectivity index (χ2v) is 9.47. The number of carbonyl (C=O) groups excluding carboxylic acids is 4. The number of carboxylic acid groups (broad SMARTS) is 1. The van der Waals surface area contributed by atoms with Crippen molar-refractivity contribution >= 4 is 41.4 Å². The summed E-state index contributed by atoms with van der Waals surface area (Å²) in [6.07, 6.45) is 4.82. The largest absolute Gasteiger partial charge is 0.480 e. The van der Waals surface area contributed by atoms with Crippen LogP contribution in [0.4, 0.5) is 0 Å². The Morgan fingerprint density at radius 2 is 1.22 bits per heavy atom. The van der Waals surface area contributed by atoms with Crippen LogP contribution in [0.3, 0.4) is 0 Å². The Bertz CT molecular complexity index is 712. The molecule has 4 amide bonds. The first-order valence-corrected chi connectivity index (χ1v) is 13.5. The molecule has 0 bridgehead atoms. The summed E-state index contributed by atoms with van der Waals surface area (Å²) in [6, 6.07) is -4.14. The number of carbonyl (C=O) groups is 5. The van der Waals surface area contributed by atoms with E-state index in [1.165, 1.54) is 11.8 Å². The molecule has 12 N–H and O–H groups in total. The molecular formula is C22H43N7O6S. The highest BCUT2D eigenvalue weighted by Crippen LogP contribution is 2.08. The SMILES string of the molecule is CSCCC(NC(=O)C(CCCCN)NC(=O)C(N)CCC(N)=O)C(=O)NC(CCCCN)C(=O)O. The number of hydrogen-bond acceptors (Lipinski definition) is 9. The van der Waals surface area contributed by atoms with Gasteiger partial charge >= 0.3 is 5.97 Å². The van der Waals surface area contributed by atoms with E-state index in [-0.39, 0.29) is 32.1 Å². The number of hydrogen-bond donors (Lipinski definition) is 8. The van der Waals surface area contributed by atoms with Gasteiger partial charge in [-0.2, -0.15) is 11.8 Å². The molecule has 208 valence electrons. The molecule has 0 aromatic carbocycles. The molecule has 0 aliphatic heterocycles. The van der Waals surface area contributed by atoms with Gasteiger partial charge in [-0.25, -0.2) is 4.79 Å². The quantitative estimate of drug-likeness (QED) is 0.0763. The van der Waals surface area contributed by atoms with Gasteiger partial charge in [0.2, 0.25) is 23.6 Å². The first kappa shape index (κ1) is 33.6. The molecule has 0 saturated heterocycles. The Morgan fingerprint density at radius 1 is 0.750 bits per heavy atom. The molecule has 0 spiro atoms. The summed E-state index contributed by atoms with van der Waals surface area (Å²) in [5.74, 6) is -3.08. The molecule has 0 saturated carbocycles. The number of unbranched alkanes of at least 4 members (excludes halogenated alkanes) is 2. The van der Waals surface area contributed by atoms with Gasteiger partial charge in [0, 0.05) is 6.42 Å². The summed E-state index contributed by atoms with van der Waals surface area (Å²) in [5, 5.41) is 17.2. The summed E-state index contributed by atoms with van der Waals surface area (Å²) >= 11 is 1.46. The number of aliphatic carboxylic acids is 1. The lowest BCUT2D eigenvalue weighted by molar-refractivity contribution is -0.142. The van der Waals surface area contributed by atoms with Crippen LogP contribution >= 0.6 is 11.8 Å². The van der Waals surface area contributed by atoms with E-state index >= 15 is 0 Å². The Kier molecular flexibility index (Phi) is 18.4. The summed E-state index contributed by atoms with van der Waals surface area (Å²) in [4.78, 5) is 61.0. The second kappa shape index (κ2) is 19.7. The van der Waals surface area contributed by atoms with Gasteiger partial charge in [-0.3, -0.25) is 19.2 Å². The van der Waals surface area contributed by atoms with Crippen molar-refractivity contribution in [1.82, 2.24) is 16.0 Å². The van der Waals surface area contributed by atoms with E-state index in [1.54, 1.807) is 0 Å². The van der Waals surface area contributed by atoms with E-state index in [4.69, 9.17) is 22.9 Å². The van der Waals surface area contributed by atoms with E-state index in [0.717, 1.165) is 0 Å². The van der Waals surface area contributed by atoms with Crippen LogP contribution in [0.1, 0.15) is 57.8 Å². The molecule has 0 aromatic rings. The zero-order valence-electron chi connectivity index (χ0n) is 21.0. The Labute approximate surface area is 216 Å². The standard InChI is InChI=1S/C22H43N7O6S/c1-36-13-10-16(21(33)29-17(22(34)35)7-3-5-12-24)28-20(32)15(6-2-4-11-23)27-19(31)14(25)8-9-18(26)30/h14-17H,2-13,23-25H2,1H3,(H2,26,30)(H,27,31)(H,28,32)(H,29,33)(H,34,35). The van der Waals surface area contributed by atoms with Gasteiger partial charge in [0.15, 0.2) is 0 Å². The molecule has 0 radical (unpaired) electrons. The normalized spacial score (nSPS) is 14.2. The smallest absolute Gasteiger partial charge is 0.326 e. The van der Waals surface area contributed by atoms with Gasteiger partial charge in [-0.1, -0.05) is 0 Å². The number of rotatable bonds is 21. The first-order chi connectivity index (χ1) is 17.1. The molecule has 14 heteroatoms. The summed E-state index contributed by atoms with van der Waals surface area (Å²) in [6.45, 7) is 0.816. The number of amides is 4. The first-order valence-electron chi connectivity index (χ1n) is 12.1. The molecule has 36 heavy (non-hydrogen) atoms. The zero-order valence-corrected chi connectivity index (χ0v) is 21.8. The van der Waals surface area contributed by atoms with Crippen molar-refractivity contribution in [2.75, 3.05) is 25.1 Å². The van der Waals surface area contributed by atoms with Gasteiger partial charge in [0.25, 0.3) is 0 Å². The molecule has 0 fully saturated rings. The van der Waals surface area contributed by atoms with Crippen molar-refractivity contribution in [1.29, 1.82) is 0 Å². The van der Waals surface area contributed by atoms with Crippen LogP contribution in [0.25, 0.3) is 0 Å². The molecule has 0 aliphatic rings. The maximum absolute atomic E-state index is 13.1. The van der Waals surface area contributed by atoms with Crippen LogP contribution in [0, 0.1) is 0 Å². The molecule has 0 aliphatic carbocycles. The highest BCUT2D eigenvalue weighted by Gasteiger charge is 2.30. The fraction of sp³-hybridized carbons (Fsp3) is 0.773. The van der Waals surface area contributed by atoms with Gasteiger partial charge in [-0.15, -0.1) is 0 Å². The van der Waals surface area contributed by atoms with Crippen LogP contribution in [-0.4, -0.2) is 84.0 Å². The lowest BCUT2D eigenvalue weighted by Crippen LogP contribution is -2.57. The summed E-state index contributed by atoms with van der Waals surface area (Å²) in [5.41, 5.74) is 21.9. The zero-order chi connectivity index (χ0) is 27.5. The minimum atomic E-state index is -1.17. The Balaban J connectivity index is 5.41. The van der Waals surface area contributed by atoms with Crippen LogP contribution in [-0.2, 0) is 24.0 Å². The lowest BCUT2D eigenvalue weighted by Gasteiger charge is -2.25. The average Bonchev–Trinajstić information content (AvgIpc) is 2.83.